The Bertz CT molecular complexity index is 791. The summed E-state index contributed by atoms with van der Waals surface area (Å²) in [7, 11) is 0. The Hall–Kier alpha value is -2.04. The van der Waals surface area contributed by atoms with Gasteiger partial charge in [-0.15, -0.1) is 5.92 Å². The van der Waals surface area contributed by atoms with Crippen LogP contribution in [0.1, 0.15) is 48.1 Å². The van der Waals surface area contributed by atoms with Crippen molar-refractivity contribution < 1.29 is 5.11 Å². The van der Waals surface area contributed by atoms with Gasteiger partial charge in [-0.05, 0) is 50.3 Å². The second-order valence-electron chi connectivity index (χ2n) is 6.94. The minimum absolute atomic E-state index is 0.411. The number of hydrogen-bond acceptors (Lipinski definition) is 1. The van der Waals surface area contributed by atoms with Crippen LogP contribution in [0.5, 0.6) is 0 Å². The Balaban J connectivity index is 2.23. The number of aliphatic hydroxyl groups is 1. The highest BCUT2D eigenvalue weighted by molar-refractivity contribution is 5.50. The van der Waals surface area contributed by atoms with Crippen LogP contribution in [-0.4, -0.2) is 5.11 Å². The topological polar surface area (TPSA) is 20.2 Å². The molecule has 1 aliphatic rings. The molecule has 118 valence electrons. The monoisotopic (exact) mass is 304 g/mol. The van der Waals surface area contributed by atoms with Gasteiger partial charge in [0, 0.05) is 5.41 Å². The normalized spacial score (nSPS) is 26.1. The van der Waals surface area contributed by atoms with E-state index in [0.717, 1.165) is 24.0 Å². The average molecular weight is 304 g/mol. The minimum Gasteiger partial charge on any atom is -0.372 e. The third-order valence-corrected chi connectivity index (χ3v) is 5.34. The van der Waals surface area contributed by atoms with Crippen molar-refractivity contribution in [1.82, 2.24) is 0 Å². The lowest BCUT2D eigenvalue weighted by Crippen LogP contribution is -2.50. The zero-order valence-corrected chi connectivity index (χ0v) is 14.4. The number of rotatable bonds is 1. The maximum absolute atomic E-state index is 11.7. The summed E-state index contributed by atoms with van der Waals surface area (Å²) in [4.78, 5) is 0. The number of benzene rings is 2. The van der Waals surface area contributed by atoms with Crippen LogP contribution in [0, 0.1) is 25.7 Å². The van der Waals surface area contributed by atoms with E-state index < -0.39 is 11.0 Å². The van der Waals surface area contributed by atoms with Gasteiger partial charge < -0.3 is 5.11 Å². The van der Waals surface area contributed by atoms with Gasteiger partial charge in [-0.1, -0.05) is 66.4 Å². The van der Waals surface area contributed by atoms with Crippen molar-refractivity contribution >= 4 is 0 Å². The van der Waals surface area contributed by atoms with Gasteiger partial charge in [0.2, 0.25) is 0 Å². The highest BCUT2D eigenvalue weighted by Crippen LogP contribution is 2.50. The maximum atomic E-state index is 11.7. The quantitative estimate of drug-likeness (QED) is 0.773. The largest absolute Gasteiger partial charge is 0.372 e. The molecule has 0 fully saturated rings. The van der Waals surface area contributed by atoms with Gasteiger partial charge in [0.1, 0.15) is 0 Å². The summed E-state index contributed by atoms with van der Waals surface area (Å²) in [6, 6.07) is 14.8. The molecule has 23 heavy (non-hydrogen) atoms. The Morgan fingerprint density at radius 3 is 2.30 bits per heavy atom. The summed E-state index contributed by atoms with van der Waals surface area (Å²) < 4.78 is 0. The number of fused-ring (bicyclic) bond motifs is 1. The Labute approximate surface area is 139 Å². The molecule has 0 radical (unpaired) electrons. The first-order valence-corrected chi connectivity index (χ1v) is 8.24. The molecule has 2 unspecified atom stereocenters. The second-order valence-corrected chi connectivity index (χ2v) is 6.94. The molecule has 0 aromatic heterocycles. The van der Waals surface area contributed by atoms with Crippen LogP contribution in [0.2, 0.25) is 0 Å². The van der Waals surface area contributed by atoms with E-state index in [2.05, 4.69) is 75.1 Å². The van der Waals surface area contributed by atoms with E-state index in [9.17, 15) is 5.11 Å². The van der Waals surface area contributed by atoms with E-state index in [4.69, 9.17) is 0 Å². The van der Waals surface area contributed by atoms with Crippen molar-refractivity contribution in [2.45, 2.75) is 51.6 Å². The van der Waals surface area contributed by atoms with Gasteiger partial charge in [0.15, 0.2) is 5.60 Å². The van der Waals surface area contributed by atoms with Gasteiger partial charge in [-0.2, -0.15) is 0 Å². The summed E-state index contributed by atoms with van der Waals surface area (Å²) in [5, 5.41) is 11.7. The van der Waals surface area contributed by atoms with E-state index in [1.54, 1.807) is 6.92 Å². The maximum Gasteiger partial charge on any atom is 0.160 e. The zero-order valence-electron chi connectivity index (χ0n) is 14.4. The van der Waals surface area contributed by atoms with Crippen molar-refractivity contribution in [2.75, 3.05) is 0 Å². The third kappa shape index (κ3) is 2.38. The van der Waals surface area contributed by atoms with Crippen LogP contribution >= 0.6 is 0 Å². The fourth-order valence-electron chi connectivity index (χ4n) is 3.81. The first-order chi connectivity index (χ1) is 10.9. The molecule has 0 spiro atoms. The van der Waals surface area contributed by atoms with Gasteiger partial charge in [0.05, 0.1) is 0 Å². The van der Waals surface area contributed by atoms with Crippen LogP contribution in [-0.2, 0) is 17.4 Å². The van der Waals surface area contributed by atoms with Crippen molar-refractivity contribution in [3.8, 4) is 11.8 Å². The molecule has 1 N–H and O–H groups in total. The smallest absolute Gasteiger partial charge is 0.160 e. The Kier molecular flexibility index (Phi) is 3.82. The highest BCUT2D eigenvalue weighted by Gasteiger charge is 2.51. The van der Waals surface area contributed by atoms with E-state index in [0.29, 0.717) is 0 Å². The molecule has 1 aliphatic carbocycles. The molecule has 0 bridgehead atoms. The summed E-state index contributed by atoms with van der Waals surface area (Å²) >= 11 is 0. The number of hydrogen-bond donors (Lipinski definition) is 1. The van der Waals surface area contributed by atoms with Crippen LogP contribution in [0.3, 0.4) is 0 Å². The van der Waals surface area contributed by atoms with Crippen LogP contribution in [0.15, 0.2) is 42.5 Å². The summed E-state index contributed by atoms with van der Waals surface area (Å²) in [5.74, 6) is 6.12. The second kappa shape index (κ2) is 5.55. The van der Waals surface area contributed by atoms with Crippen molar-refractivity contribution in [2.24, 2.45) is 0 Å². The summed E-state index contributed by atoms with van der Waals surface area (Å²) in [5.41, 5.74) is 4.24. The average Bonchev–Trinajstić information content (AvgIpc) is 2.52. The molecule has 0 saturated carbocycles. The van der Waals surface area contributed by atoms with Crippen molar-refractivity contribution in [3.63, 3.8) is 0 Å². The molecule has 3 rings (SSSR count). The molecule has 1 heteroatoms. The van der Waals surface area contributed by atoms with E-state index in [-0.39, 0.29) is 0 Å². The first kappa shape index (κ1) is 15.8. The van der Waals surface area contributed by atoms with Gasteiger partial charge in [0.25, 0.3) is 0 Å². The molecule has 0 amide bonds. The lowest BCUT2D eigenvalue weighted by molar-refractivity contribution is 0.00392. The fraction of sp³-hybridized carbons (Fsp3) is 0.364. The third-order valence-electron chi connectivity index (χ3n) is 5.34. The van der Waals surface area contributed by atoms with Gasteiger partial charge >= 0.3 is 0 Å². The molecule has 0 aliphatic heterocycles. The standard InChI is InChI=1S/C22H24O/c1-5-13-22(23)20-11-8-17(3)15-18(20)12-14-21(22,4)19-9-6-16(2)7-10-19/h6-11,15,23H,12,14H2,1-4H3. The number of aryl methyl sites for hydroxylation is 3. The summed E-state index contributed by atoms with van der Waals surface area (Å²) in [6.45, 7) is 8.13. The predicted molar refractivity (Wildman–Crippen MR) is 95.4 cm³/mol. The van der Waals surface area contributed by atoms with E-state index >= 15 is 0 Å². The SMILES string of the molecule is CC#CC1(O)c2ccc(C)cc2CCC1(C)c1ccc(C)cc1. The minimum atomic E-state index is -1.15. The van der Waals surface area contributed by atoms with Gasteiger partial charge in [-0.3, -0.25) is 0 Å². The van der Waals surface area contributed by atoms with E-state index in [1.165, 1.54) is 16.7 Å². The van der Waals surface area contributed by atoms with Crippen LogP contribution in [0.25, 0.3) is 0 Å². The highest BCUT2D eigenvalue weighted by atomic mass is 16.3. The summed E-state index contributed by atoms with van der Waals surface area (Å²) in [6.07, 6.45) is 1.85. The molecule has 2 atom stereocenters. The molecule has 0 saturated heterocycles. The van der Waals surface area contributed by atoms with Gasteiger partial charge in [-0.25, -0.2) is 0 Å². The Morgan fingerprint density at radius 1 is 1.00 bits per heavy atom. The lowest BCUT2D eigenvalue weighted by atomic mass is 9.59. The fourth-order valence-corrected chi connectivity index (χ4v) is 3.81. The molecule has 2 aromatic rings. The van der Waals surface area contributed by atoms with Crippen LogP contribution in [0.4, 0.5) is 0 Å². The van der Waals surface area contributed by atoms with E-state index in [1.807, 2.05) is 0 Å². The molecule has 0 heterocycles. The molecule has 1 nitrogen and oxygen atoms in total. The molecular weight excluding hydrogens is 280 g/mol. The zero-order chi connectivity index (χ0) is 16.7. The first-order valence-electron chi connectivity index (χ1n) is 8.24. The molecular formula is C22H24O. The Morgan fingerprint density at radius 2 is 1.65 bits per heavy atom. The van der Waals surface area contributed by atoms with Crippen LogP contribution < -0.4 is 0 Å². The van der Waals surface area contributed by atoms with Crippen molar-refractivity contribution in [1.29, 1.82) is 0 Å². The van der Waals surface area contributed by atoms with Crippen molar-refractivity contribution in [3.05, 3.63) is 70.3 Å². The lowest BCUT2D eigenvalue weighted by Gasteiger charge is -2.47. The molecule has 2 aromatic carbocycles. The predicted octanol–water partition coefficient (Wildman–Crippen LogP) is 4.42.